The van der Waals surface area contributed by atoms with Crippen molar-refractivity contribution in [2.45, 2.75) is 24.9 Å². The summed E-state index contributed by atoms with van der Waals surface area (Å²) in [5.74, 6) is -1.23. The summed E-state index contributed by atoms with van der Waals surface area (Å²) in [6, 6.07) is 5.36. The molecule has 1 aromatic carbocycles. The third-order valence-electron chi connectivity index (χ3n) is 3.35. The summed E-state index contributed by atoms with van der Waals surface area (Å²) in [6.07, 6.45) is 2.19. The van der Waals surface area contributed by atoms with Gasteiger partial charge >= 0.3 is 0 Å². The van der Waals surface area contributed by atoms with Crippen LogP contribution in [0.1, 0.15) is 13.3 Å². The number of anilines is 1. The van der Waals surface area contributed by atoms with Crippen LogP contribution in [0.2, 0.25) is 0 Å². The fourth-order valence-corrected chi connectivity index (χ4v) is 3.24. The van der Waals surface area contributed by atoms with Gasteiger partial charge in [0.15, 0.2) is 0 Å². The van der Waals surface area contributed by atoms with Crippen LogP contribution < -0.4 is 14.8 Å². The van der Waals surface area contributed by atoms with Crippen molar-refractivity contribution in [3.63, 3.8) is 0 Å². The molecule has 0 saturated carbocycles. The maximum absolute atomic E-state index is 13.5. The Morgan fingerprint density at radius 3 is 2.71 bits per heavy atom. The molecule has 0 aliphatic carbocycles. The van der Waals surface area contributed by atoms with Crippen LogP contribution in [-0.4, -0.2) is 11.5 Å². The average Bonchev–Trinajstić information content (AvgIpc) is 2.91. The van der Waals surface area contributed by atoms with E-state index in [2.05, 4.69) is 4.99 Å². The summed E-state index contributed by atoms with van der Waals surface area (Å²) in [4.78, 5) is 6.36. The summed E-state index contributed by atoms with van der Waals surface area (Å²) in [6.45, 7) is 1.96. The highest BCUT2D eigenvalue weighted by atomic mass is 35.5. The van der Waals surface area contributed by atoms with Gasteiger partial charge in [0, 0.05) is 18.0 Å². The fourth-order valence-electron chi connectivity index (χ4n) is 2.31. The molecule has 0 bridgehead atoms. The molecule has 0 fully saturated rings. The molecule has 0 radical (unpaired) electrons. The molecule has 2 nitrogen and oxygen atoms in total. The number of halogens is 3. The van der Waals surface area contributed by atoms with E-state index in [4.69, 9.17) is 11.6 Å². The second-order valence-electron chi connectivity index (χ2n) is 4.80. The molecule has 2 atom stereocenters. The lowest BCUT2D eigenvalue weighted by Crippen LogP contribution is -2.44. The molecule has 0 saturated heterocycles. The lowest BCUT2D eigenvalue weighted by molar-refractivity contribution is 0.575. The molecule has 21 heavy (non-hydrogen) atoms. The summed E-state index contributed by atoms with van der Waals surface area (Å²) in [7, 11) is 0. The minimum Gasteiger partial charge on any atom is -0.322 e. The van der Waals surface area contributed by atoms with E-state index in [0.29, 0.717) is 12.1 Å². The Labute approximate surface area is 130 Å². The van der Waals surface area contributed by atoms with Crippen LogP contribution in [0.25, 0.3) is 6.20 Å². The topological polar surface area (TPSA) is 15.6 Å². The van der Waals surface area contributed by atoms with Crippen LogP contribution in [0.3, 0.4) is 0 Å². The fraction of sp³-hybridized carbons (Fsp3) is 0.267. The highest BCUT2D eigenvalue weighted by Gasteiger charge is 2.26. The maximum atomic E-state index is 13.5. The number of nitrogens with zero attached hydrogens (tertiary/aromatic N) is 2. The Kier molecular flexibility index (Phi) is 3.95. The van der Waals surface area contributed by atoms with Gasteiger partial charge in [0.2, 0.25) is 0 Å². The second-order valence-corrected chi connectivity index (χ2v) is 6.31. The molecule has 2 heterocycles. The van der Waals surface area contributed by atoms with Crippen molar-refractivity contribution in [3.05, 3.63) is 51.2 Å². The van der Waals surface area contributed by atoms with Crippen molar-refractivity contribution in [1.82, 2.24) is 0 Å². The van der Waals surface area contributed by atoms with Crippen LogP contribution in [0.4, 0.5) is 14.5 Å². The molecule has 3 rings (SSSR count). The summed E-state index contributed by atoms with van der Waals surface area (Å²) in [5, 5.41) is 2.56. The Morgan fingerprint density at radius 1 is 1.33 bits per heavy atom. The highest BCUT2D eigenvalue weighted by Crippen LogP contribution is 2.26. The van der Waals surface area contributed by atoms with E-state index in [-0.39, 0.29) is 11.5 Å². The number of hydrogen-bond donors (Lipinski definition) is 0. The van der Waals surface area contributed by atoms with Gasteiger partial charge < -0.3 is 4.90 Å². The molecule has 1 aliphatic rings. The maximum Gasteiger partial charge on any atom is 0.142 e. The van der Waals surface area contributed by atoms with E-state index >= 15 is 0 Å². The number of fused-ring (bicyclic) bond motifs is 1. The SMILES string of the molecule is CCC(Cl)C1N=c2ccsc2=CN1c1cc(F)cc(F)c1. The largest absolute Gasteiger partial charge is 0.322 e. The van der Waals surface area contributed by atoms with Crippen LogP contribution in [0.5, 0.6) is 0 Å². The van der Waals surface area contributed by atoms with E-state index in [9.17, 15) is 8.78 Å². The van der Waals surface area contributed by atoms with Gasteiger partial charge in [-0.05, 0) is 30.0 Å². The molecular weight excluding hydrogens is 314 g/mol. The molecule has 6 heteroatoms. The standard InChI is InChI=1S/C15H13ClF2N2S/c1-2-12(16)15-19-13-3-4-21-14(13)8-20(15)11-6-9(17)5-10(18)7-11/h3-8,12,15H,2H2,1H3. The van der Waals surface area contributed by atoms with E-state index in [0.717, 1.165) is 16.0 Å². The quantitative estimate of drug-likeness (QED) is 0.791. The van der Waals surface area contributed by atoms with Crippen molar-refractivity contribution in [3.8, 4) is 0 Å². The van der Waals surface area contributed by atoms with Crippen molar-refractivity contribution in [2.24, 2.45) is 4.99 Å². The van der Waals surface area contributed by atoms with Gasteiger partial charge in [-0.25, -0.2) is 8.78 Å². The number of alkyl halides is 1. The Hall–Kier alpha value is -1.46. The molecular formula is C15H13ClF2N2S. The zero-order valence-corrected chi connectivity index (χ0v) is 12.8. The minimum atomic E-state index is -0.614. The first kappa shape index (κ1) is 14.5. The lowest BCUT2D eigenvalue weighted by Gasteiger charge is -2.32. The smallest absolute Gasteiger partial charge is 0.142 e. The van der Waals surface area contributed by atoms with Crippen LogP contribution >= 0.6 is 22.9 Å². The molecule has 110 valence electrons. The van der Waals surface area contributed by atoms with Crippen molar-refractivity contribution in [2.75, 3.05) is 4.90 Å². The number of rotatable bonds is 3. The predicted molar refractivity (Wildman–Crippen MR) is 82.1 cm³/mol. The van der Waals surface area contributed by atoms with Crippen molar-refractivity contribution in [1.29, 1.82) is 0 Å². The monoisotopic (exact) mass is 326 g/mol. The molecule has 1 aliphatic heterocycles. The highest BCUT2D eigenvalue weighted by molar-refractivity contribution is 7.07. The van der Waals surface area contributed by atoms with E-state index in [1.165, 1.54) is 23.5 Å². The first-order valence-electron chi connectivity index (χ1n) is 6.60. The van der Waals surface area contributed by atoms with Gasteiger partial charge in [-0.15, -0.1) is 22.9 Å². The molecule has 2 unspecified atom stereocenters. The summed E-state index contributed by atoms with van der Waals surface area (Å²) >= 11 is 7.89. The van der Waals surface area contributed by atoms with Gasteiger partial charge in [0.25, 0.3) is 0 Å². The van der Waals surface area contributed by atoms with Crippen molar-refractivity contribution >= 4 is 34.8 Å². The molecule has 2 aromatic rings. The van der Waals surface area contributed by atoms with E-state index in [1.54, 1.807) is 4.90 Å². The van der Waals surface area contributed by atoms with Gasteiger partial charge in [-0.3, -0.25) is 4.99 Å². The third kappa shape index (κ3) is 2.80. The van der Waals surface area contributed by atoms with Gasteiger partial charge in [0.05, 0.1) is 15.3 Å². The van der Waals surface area contributed by atoms with Crippen LogP contribution in [0, 0.1) is 11.6 Å². The van der Waals surface area contributed by atoms with Gasteiger partial charge in [-0.1, -0.05) is 6.92 Å². The predicted octanol–water partition coefficient (Wildman–Crippen LogP) is 3.25. The number of benzene rings is 1. The lowest BCUT2D eigenvalue weighted by atomic mass is 10.2. The Morgan fingerprint density at radius 2 is 2.05 bits per heavy atom. The first-order valence-corrected chi connectivity index (χ1v) is 7.92. The third-order valence-corrected chi connectivity index (χ3v) is 4.72. The Bertz CT molecular complexity index is 754. The molecule has 1 aromatic heterocycles. The molecule has 0 amide bonds. The average molecular weight is 327 g/mol. The molecule has 0 spiro atoms. The van der Waals surface area contributed by atoms with Crippen LogP contribution in [-0.2, 0) is 0 Å². The first-order chi connectivity index (χ1) is 10.1. The zero-order valence-electron chi connectivity index (χ0n) is 11.3. The Balaban J connectivity index is 2.13. The normalized spacial score (nSPS) is 18.7. The summed E-state index contributed by atoms with van der Waals surface area (Å²) < 4.78 is 27.9. The zero-order chi connectivity index (χ0) is 15.0. The molecule has 0 N–H and O–H groups in total. The summed E-state index contributed by atoms with van der Waals surface area (Å²) in [5.41, 5.74) is 0.416. The van der Waals surface area contributed by atoms with E-state index in [1.807, 2.05) is 24.6 Å². The van der Waals surface area contributed by atoms with Gasteiger partial charge in [0.1, 0.15) is 17.8 Å². The van der Waals surface area contributed by atoms with E-state index < -0.39 is 11.6 Å². The van der Waals surface area contributed by atoms with Crippen molar-refractivity contribution < 1.29 is 8.78 Å². The second kappa shape index (κ2) is 5.73. The van der Waals surface area contributed by atoms with Gasteiger partial charge in [-0.2, -0.15) is 0 Å². The number of hydrogen-bond acceptors (Lipinski definition) is 3. The van der Waals surface area contributed by atoms with Crippen LogP contribution in [0.15, 0.2) is 34.6 Å². The minimum absolute atomic E-state index is 0.249. The number of thiophene rings is 1.